The molecular weight excluding hydrogens is 164 g/mol. The molecule has 2 atom stereocenters. The van der Waals surface area contributed by atoms with Gasteiger partial charge in [0.15, 0.2) is 0 Å². The van der Waals surface area contributed by atoms with Gasteiger partial charge in [0.05, 0.1) is 6.61 Å². The summed E-state index contributed by atoms with van der Waals surface area (Å²) < 4.78 is 0. The summed E-state index contributed by atoms with van der Waals surface area (Å²) in [5.74, 6) is 0. The van der Waals surface area contributed by atoms with Crippen LogP contribution in [0, 0.1) is 0 Å². The molecule has 1 fully saturated rings. The van der Waals surface area contributed by atoms with E-state index in [2.05, 4.69) is 30.7 Å². The van der Waals surface area contributed by atoms with Crippen LogP contribution in [0.15, 0.2) is 0 Å². The summed E-state index contributed by atoms with van der Waals surface area (Å²) in [5.41, 5.74) is 0. The second-order valence-corrected chi connectivity index (χ2v) is 4.14. The summed E-state index contributed by atoms with van der Waals surface area (Å²) >= 11 is 0. The zero-order chi connectivity index (χ0) is 9.84. The van der Waals surface area contributed by atoms with Gasteiger partial charge in [-0.2, -0.15) is 0 Å². The summed E-state index contributed by atoms with van der Waals surface area (Å²) in [6.07, 6.45) is 1.17. The van der Waals surface area contributed by atoms with Gasteiger partial charge in [-0.05, 0) is 26.9 Å². The highest BCUT2D eigenvalue weighted by atomic mass is 16.3. The highest BCUT2D eigenvalue weighted by molar-refractivity contribution is 4.85. The van der Waals surface area contributed by atoms with E-state index in [0.717, 1.165) is 19.6 Å². The molecule has 3 nitrogen and oxygen atoms in total. The minimum absolute atomic E-state index is 0.286. The van der Waals surface area contributed by atoms with Crippen LogP contribution in [0.5, 0.6) is 0 Å². The average Bonchev–Trinajstić information content (AvgIpc) is 2.09. The molecule has 3 heteroatoms. The molecular formula is C10H22N2O. The van der Waals surface area contributed by atoms with Gasteiger partial charge in [-0.25, -0.2) is 0 Å². The molecule has 1 heterocycles. The van der Waals surface area contributed by atoms with Crippen molar-refractivity contribution in [1.29, 1.82) is 0 Å². The first-order valence-corrected chi connectivity index (χ1v) is 5.24. The molecule has 0 aliphatic carbocycles. The predicted octanol–water partition coefficient (Wildman–Crippen LogP) is 0.393. The van der Waals surface area contributed by atoms with Gasteiger partial charge in [0.2, 0.25) is 0 Å². The highest BCUT2D eigenvalue weighted by Gasteiger charge is 2.28. The van der Waals surface area contributed by atoms with E-state index >= 15 is 0 Å². The van der Waals surface area contributed by atoms with Gasteiger partial charge in [0.25, 0.3) is 0 Å². The predicted molar refractivity (Wildman–Crippen MR) is 54.8 cm³/mol. The second kappa shape index (κ2) is 4.94. The summed E-state index contributed by atoms with van der Waals surface area (Å²) in [6, 6.07) is 0.921. The molecule has 1 aliphatic rings. The number of likely N-dealkylation sites (N-methyl/N-ethyl adjacent to an activating group) is 1. The highest BCUT2D eigenvalue weighted by Crippen LogP contribution is 2.14. The van der Waals surface area contributed by atoms with Gasteiger partial charge in [-0.1, -0.05) is 6.92 Å². The third-order valence-electron chi connectivity index (χ3n) is 2.83. The third kappa shape index (κ3) is 2.66. The van der Waals surface area contributed by atoms with Gasteiger partial charge >= 0.3 is 0 Å². The molecule has 0 saturated carbocycles. The van der Waals surface area contributed by atoms with Gasteiger partial charge in [-0.3, -0.25) is 4.90 Å². The molecule has 0 bridgehead atoms. The van der Waals surface area contributed by atoms with Crippen LogP contribution in [0.25, 0.3) is 0 Å². The molecule has 2 unspecified atom stereocenters. The van der Waals surface area contributed by atoms with Gasteiger partial charge in [0.1, 0.15) is 0 Å². The zero-order valence-corrected chi connectivity index (χ0v) is 9.03. The van der Waals surface area contributed by atoms with Crippen molar-refractivity contribution in [2.24, 2.45) is 0 Å². The summed E-state index contributed by atoms with van der Waals surface area (Å²) in [5, 5.41) is 9.26. The molecule has 1 N–H and O–H groups in total. The quantitative estimate of drug-likeness (QED) is 0.691. The Bertz CT molecular complexity index is 152. The van der Waals surface area contributed by atoms with E-state index in [1.54, 1.807) is 0 Å². The lowest BCUT2D eigenvalue weighted by Crippen LogP contribution is -2.58. The summed E-state index contributed by atoms with van der Waals surface area (Å²) in [7, 11) is 2.13. The van der Waals surface area contributed by atoms with Crippen LogP contribution in [-0.4, -0.2) is 60.3 Å². The van der Waals surface area contributed by atoms with E-state index in [4.69, 9.17) is 0 Å². The van der Waals surface area contributed by atoms with Crippen molar-refractivity contribution in [2.45, 2.75) is 32.4 Å². The number of aliphatic hydroxyl groups is 1. The first-order valence-electron chi connectivity index (χ1n) is 5.24. The minimum Gasteiger partial charge on any atom is -0.395 e. The van der Waals surface area contributed by atoms with Crippen LogP contribution in [0.3, 0.4) is 0 Å². The fraction of sp³-hybridized carbons (Fsp3) is 1.00. The van der Waals surface area contributed by atoms with Crippen LogP contribution in [-0.2, 0) is 0 Å². The van der Waals surface area contributed by atoms with Gasteiger partial charge in [-0.15, -0.1) is 0 Å². The molecule has 0 aromatic heterocycles. The third-order valence-corrected chi connectivity index (χ3v) is 2.83. The van der Waals surface area contributed by atoms with Crippen molar-refractivity contribution in [3.8, 4) is 0 Å². The number of hydrogen-bond donors (Lipinski definition) is 1. The number of nitrogens with zero attached hydrogens (tertiary/aromatic N) is 2. The number of hydrogen-bond acceptors (Lipinski definition) is 3. The number of piperazine rings is 1. The average molecular weight is 186 g/mol. The Morgan fingerprint density at radius 1 is 1.38 bits per heavy atom. The van der Waals surface area contributed by atoms with Gasteiger partial charge < -0.3 is 10.0 Å². The SMILES string of the molecule is CCCN1C(C)CN(C)CC1CO. The lowest BCUT2D eigenvalue weighted by atomic mass is 10.1. The van der Waals surface area contributed by atoms with E-state index in [9.17, 15) is 5.11 Å². The maximum atomic E-state index is 9.26. The van der Waals surface area contributed by atoms with Crippen molar-refractivity contribution in [3.63, 3.8) is 0 Å². The van der Waals surface area contributed by atoms with Crippen molar-refractivity contribution in [1.82, 2.24) is 9.80 Å². The van der Waals surface area contributed by atoms with Crippen molar-refractivity contribution >= 4 is 0 Å². The molecule has 1 aliphatic heterocycles. The summed E-state index contributed by atoms with van der Waals surface area (Å²) in [6.45, 7) is 7.96. The Morgan fingerprint density at radius 2 is 2.08 bits per heavy atom. The maximum absolute atomic E-state index is 9.26. The fourth-order valence-electron chi connectivity index (χ4n) is 2.28. The van der Waals surface area contributed by atoms with Crippen LogP contribution >= 0.6 is 0 Å². The smallest absolute Gasteiger partial charge is 0.0599 e. The molecule has 13 heavy (non-hydrogen) atoms. The minimum atomic E-state index is 0.286. The van der Waals surface area contributed by atoms with Crippen LogP contribution in [0.4, 0.5) is 0 Å². The molecule has 1 rings (SSSR count). The van der Waals surface area contributed by atoms with E-state index in [1.807, 2.05) is 0 Å². The largest absolute Gasteiger partial charge is 0.395 e. The first-order chi connectivity index (χ1) is 6.19. The molecule has 0 amide bonds. The number of aliphatic hydroxyl groups excluding tert-OH is 1. The Balaban J connectivity index is 2.55. The lowest BCUT2D eigenvalue weighted by Gasteiger charge is -2.43. The Kier molecular flexibility index (Phi) is 4.16. The zero-order valence-electron chi connectivity index (χ0n) is 9.03. The topological polar surface area (TPSA) is 26.7 Å². The van der Waals surface area contributed by atoms with E-state index in [0.29, 0.717) is 12.1 Å². The molecule has 0 aromatic carbocycles. The lowest BCUT2D eigenvalue weighted by molar-refractivity contribution is 0.0145. The monoisotopic (exact) mass is 186 g/mol. The standard InChI is InChI=1S/C10H22N2O/c1-4-5-12-9(2)6-11(3)7-10(12)8-13/h9-10,13H,4-8H2,1-3H3. The van der Waals surface area contributed by atoms with E-state index in [-0.39, 0.29) is 6.61 Å². The Morgan fingerprint density at radius 3 is 2.62 bits per heavy atom. The molecule has 0 aromatic rings. The van der Waals surface area contributed by atoms with Gasteiger partial charge in [0, 0.05) is 25.2 Å². The molecule has 0 radical (unpaired) electrons. The molecule has 1 saturated heterocycles. The van der Waals surface area contributed by atoms with Crippen LogP contribution < -0.4 is 0 Å². The van der Waals surface area contributed by atoms with Crippen LogP contribution in [0.1, 0.15) is 20.3 Å². The van der Waals surface area contributed by atoms with Crippen LogP contribution in [0.2, 0.25) is 0 Å². The second-order valence-electron chi connectivity index (χ2n) is 4.14. The van der Waals surface area contributed by atoms with Crippen molar-refractivity contribution in [3.05, 3.63) is 0 Å². The Labute approximate surface area is 81.3 Å². The van der Waals surface area contributed by atoms with E-state index in [1.165, 1.54) is 6.42 Å². The normalized spacial score (nSPS) is 32.3. The molecule has 0 spiro atoms. The fourth-order valence-corrected chi connectivity index (χ4v) is 2.28. The maximum Gasteiger partial charge on any atom is 0.0599 e. The van der Waals surface area contributed by atoms with E-state index < -0.39 is 0 Å². The molecule has 78 valence electrons. The summed E-state index contributed by atoms with van der Waals surface area (Å²) in [4.78, 5) is 4.73. The van der Waals surface area contributed by atoms with Crippen molar-refractivity contribution < 1.29 is 5.11 Å². The number of rotatable bonds is 3. The van der Waals surface area contributed by atoms with Crippen molar-refractivity contribution in [2.75, 3.05) is 33.3 Å². The first kappa shape index (κ1) is 11.0. The Hall–Kier alpha value is -0.120.